The summed E-state index contributed by atoms with van der Waals surface area (Å²) in [5.41, 5.74) is 0. The van der Waals surface area contributed by atoms with Crippen LogP contribution in [-0.2, 0) is 28.6 Å². The van der Waals surface area contributed by atoms with E-state index in [0.29, 0.717) is 19.3 Å². The van der Waals surface area contributed by atoms with Crippen LogP contribution < -0.4 is 0 Å². The largest absolute Gasteiger partial charge is 0.462 e. The Kier molecular flexibility index (Phi) is 42.7. The third-order valence-corrected chi connectivity index (χ3v) is 11.8. The Hall–Kier alpha value is -1.59. The minimum absolute atomic E-state index is 0.0644. The van der Waals surface area contributed by atoms with Gasteiger partial charge in [-0.25, -0.2) is 0 Å². The number of hydrogen-bond acceptors (Lipinski definition) is 6. The number of carbonyl (C=O) groups is 3. The highest BCUT2D eigenvalue weighted by Gasteiger charge is 2.19. The van der Waals surface area contributed by atoms with Crippen LogP contribution >= 0.6 is 0 Å². The highest BCUT2D eigenvalue weighted by Crippen LogP contribution is 2.18. The van der Waals surface area contributed by atoms with Gasteiger partial charge in [0.1, 0.15) is 13.2 Å². The van der Waals surface area contributed by atoms with E-state index in [0.717, 1.165) is 69.6 Å². The lowest BCUT2D eigenvalue weighted by atomic mass is 9.99. The summed E-state index contributed by atoms with van der Waals surface area (Å²) in [6, 6.07) is 0. The highest BCUT2D eigenvalue weighted by atomic mass is 16.6. The van der Waals surface area contributed by atoms with Crippen LogP contribution in [-0.4, -0.2) is 37.2 Å². The van der Waals surface area contributed by atoms with Gasteiger partial charge in [-0.2, -0.15) is 0 Å². The lowest BCUT2D eigenvalue weighted by Gasteiger charge is -2.18. The molecule has 0 aromatic rings. The normalized spacial score (nSPS) is 12.5. The molecule has 338 valence electrons. The molecule has 0 fully saturated rings. The van der Waals surface area contributed by atoms with Crippen molar-refractivity contribution >= 4 is 17.9 Å². The van der Waals surface area contributed by atoms with Crippen molar-refractivity contribution in [3.8, 4) is 0 Å². The van der Waals surface area contributed by atoms with Crippen molar-refractivity contribution in [2.24, 2.45) is 11.8 Å². The second kappa shape index (κ2) is 44.0. The van der Waals surface area contributed by atoms with Crippen molar-refractivity contribution in [1.29, 1.82) is 0 Å². The summed E-state index contributed by atoms with van der Waals surface area (Å²) >= 11 is 0. The number of carbonyl (C=O) groups excluding carboxylic acids is 3. The zero-order valence-electron chi connectivity index (χ0n) is 39.0. The summed E-state index contributed by atoms with van der Waals surface area (Å²) in [6.45, 7) is 11.4. The van der Waals surface area contributed by atoms with E-state index in [1.807, 2.05) is 0 Å². The van der Waals surface area contributed by atoms with E-state index >= 15 is 0 Å². The van der Waals surface area contributed by atoms with Crippen molar-refractivity contribution in [2.45, 2.75) is 285 Å². The smallest absolute Gasteiger partial charge is 0.306 e. The fourth-order valence-corrected chi connectivity index (χ4v) is 7.60. The Bertz CT molecular complexity index is 872. The number of rotatable bonds is 45. The van der Waals surface area contributed by atoms with E-state index < -0.39 is 6.10 Å². The molecule has 57 heavy (non-hydrogen) atoms. The number of ether oxygens (including phenoxy) is 3. The summed E-state index contributed by atoms with van der Waals surface area (Å²) < 4.78 is 16.7. The average Bonchev–Trinajstić information content (AvgIpc) is 3.19. The molecule has 0 bridgehead atoms. The van der Waals surface area contributed by atoms with Gasteiger partial charge in [0, 0.05) is 19.3 Å². The molecule has 0 N–H and O–H groups in total. The van der Waals surface area contributed by atoms with Gasteiger partial charge in [0.15, 0.2) is 6.10 Å². The molecule has 0 amide bonds. The molecular formula is C51H98O6. The predicted octanol–water partition coefficient (Wildman–Crippen LogP) is 16.1. The minimum atomic E-state index is -0.760. The molecule has 0 spiro atoms. The fourth-order valence-electron chi connectivity index (χ4n) is 7.60. The maximum absolute atomic E-state index is 12.8. The average molecular weight is 807 g/mol. The molecule has 0 saturated carbocycles. The van der Waals surface area contributed by atoms with Gasteiger partial charge in [-0.15, -0.1) is 0 Å². The van der Waals surface area contributed by atoms with Crippen molar-refractivity contribution in [2.75, 3.05) is 13.2 Å². The van der Waals surface area contributed by atoms with Gasteiger partial charge in [-0.05, 0) is 31.1 Å². The first-order valence-corrected chi connectivity index (χ1v) is 25.3. The monoisotopic (exact) mass is 807 g/mol. The van der Waals surface area contributed by atoms with E-state index in [4.69, 9.17) is 14.2 Å². The van der Waals surface area contributed by atoms with Gasteiger partial charge in [-0.1, -0.05) is 240 Å². The SMILES string of the molecule is CCCCCCCCCC(=O)OC[C@H](COC(=O)CCCCCCCCCCCCC(C)CC)OC(=O)CCCCCCCCCCCCCCCCCC(C)C. The third kappa shape index (κ3) is 43.8. The summed E-state index contributed by atoms with van der Waals surface area (Å²) in [6.07, 6.45) is 43.8. The van der Waals surface area contributed by atoms with Crippen molar-refractivity contribution in [3.05, 3.63) is 0 Å². The predicted molar refractivity (Wildman–Crippen MR) is 243 cm³/mol. The molecule has 6 heteroatoms. The molecular weight excluding hydrogens is 709 g/mol. The van der Waals surface area contributed by atoms with Crippen LogP contribution in [0.1, 0.15) is 279 Å². The lowest BCUT2D eigenvalue weighted by Crippen LogP contribution is -2.30. The molecule has 6 nitrogen and oxygen atoms in total. The van der Waals surface area contributed by atoms with Gasteiger partial charge in [0.25, 0.3) is 0 Å². The van der Waals surface area contributed by atoms with Gasteiger partial charge in [-0.3, -0.25) is 14.4 Å². The maximum atomic E-state index is 12.8. The quantitative estimate of drug-likeness (QED) is 0.0346. The summed E-state index contributed by atoms with van der Waals surface area (Å²) in [5.74, 6) is 0.861. The minimum Gasteiger partial charge on any atom is -0.462 e. The molecule has 0 aromatic carbocycles. The Morgan fingerprint density at radius 3 is 1.00 bits per heavy atom. The topological polar surface area (TPSA) is 78.9 Å². The summed E-state index contributed by atoms with van der Waals surface area (Å²) in [5, 5.41) is 0. The van der Waals surface area contributed by atoms with E-state index in [1.165, 1.54) is 167 Å². The second-order valence-electron chi connectivity index (χ2n) is 18.2. The van der Waals surface area contributed by atoms with Crippen LogP contribution in [0.5, 0.6) is 0 Å². The van der Waals surface area contributed by atoms with Gasteiger partial charge in [0.05, 0.1) is 0 Å². The van der Waals surface area contributed by atoms with Gasteiger partial charge in [0.2, 0.25) is 0 Å². The zero-order valence-corrected chi connectivity index (χ0v) is 39.0. The lowest BCUT2D eigenvalue weighted by molar-refractivity contribution is -0.167. The van der Waals surface area contributed by atoms with E-state index in [1.54, 1.807) is 0 Å². The molecule has 0 radical (unpaired) electrons. The zero-order chi connectivity index (χ0) is 41.9. The van der Waals surface area contributed by atoms with E-state index in [-0.39, 0.29) is 31.1 Å². The van der Waals surface area contributed by atoms with Gasteiger partial charge >= 0.3 is 17.9 Å². The molecule has 0 aliphatic heterocycles. The summed E-state index contributed by atoms with van der Waals surface area (Å²) in [4.78, 5) is 37.7. The number of hydrogen-bond donors (Lipinski definition) is 0. The molecule has 0 aliphatic carbocycles. The maximum Gasteiger partial charge on any atom is 0.306 e. The first kappa shape index (κ1) is 55.4. The molecule has 2 atom stereocenters. The molecule has 0 heterocycles. The van der Waals surface area contributed by atoms with Crippen molar-refractivity contribution in [1.82, 2.24) is 0 Å². The van der Waals surface area contributed by atoms with Crippen LogP contribution in [0, 0.1) is 11.8 Å². The van der Waals surface area contributed by atoms with Crippen LogP contribution in [0.2, 0.25) is 0 Å². The Balaban J connectivity index is 4.21. The van der Waals surface area contributed by atoms with Crippen molar-refractivity contribution in [3.63, 3.8) is 0 Å². The molecule has 0 rings (SSSR count). The van der Waals surface area contributed by atoms with E-state index in [2.05, 4.69) is 34.6 Å². The first-order chi connectivity index (χ1) is 27.8. The van der Waals surface area contributed by atoms with Crippen LogP contribution in [0.25, 0.3) is 0 Å². The molecule has 0 aromatic heterocycles. The molecule has 0 saturated heterocycles. The van der Waals surface area contributed by atoms with Gasteiger partial charge < -0.3 is 14.2 Å². The Morgan fingerprint density at radius 2 is 0.667 bits per heavy atom. The molecule has 1 unspecified atom stereocenters. The van der Waals surface area contributed by atoms with Crippen LogP contribution in [0.3, 0.4) is 0 Å². The first-order valence-electron chi connectivity index (χ1n) is 25.3. The number of unbranched alkanes of at least 4 members (excludes halogenated alkanes) is 29. The Labute approximate surface area is 355 Å². The summed E-state index contributed by atoms with van der Waals surface area (Å²) in [7, 11) is 0. The fraction of sp³-hybridized carbons (Fsp3) is 0.941. The van der Waals surface area contributed by atoms with Crippen LogP contribution in [0.4, 0.5) is 0 Å². The van der Waals surface area contributed by atoms with Crippen LogP contribution in [0.15, 0.2) is 0 Å². The highest BCUT2D eigenvalue weighted by molar-refractivity contribution is 5.71. The Morgan fingerprint density at radius 1 is 0.368 bits per heavy atom. The molecule has 0 aliphatic rings. The second-order valence-corrected chi connectivity index (χ2v) is 18.2. The third-order valence-electron chi connectivity index (χ3n) is 11.8. The number of esters is 3. The van der Waals surface area contributed by atoms with E-state index in [9.17, 15) is 14.4 Å². The standard InChI is InChI=1S/C51H98O6/c1-6-8-9-10-24-31-36-41-49(52)55-44-48(45-56-50(53)42-37-32-27-22-19-18-21-26-30-35-40-47(5)7-2)57-51(54)43-38-33-28-23-17-15-13-11-12-14-16-20-25-29-34-39-46(3)4/h46-48H,6-45H2,1-5H3/t47?,48-/m1/s1. The van der Waals surface area contributed by atoms with Crippen molar-refractivity contribution < 1.29 is 28.6 Å².